The van der Waals surface area contributed by atoms with Crippen molar-refractivity contribution in [1.82, 2.24) is 9.36 Å². The fraction of sp³-hybridized carbons (Fsp3) is 0.250. The van der Waals surface area contributed by atoms with E-state index in [1.165, 1.54) is 6.92 Å². The van der Waals surface area contributed by atoms with Gasteiger partial charge in [0.15, 0.2) is 10.8 Å². The van der Waals surface area contributed by atoms with E-state index in [0.717, 1.165) is 11.5 Å². The van der Waals surface area contributed by atoms with Crippen LogP contribution in [0.1, 0.15) is 16.7 Å². The lowest BCUT2D eigenvalue weighted by Gasteiger charge is -1.76. The van der Waals surface area contributed by atoms with Crippen LogP contribution in [0, 0.1) is 0 Å². The molecule has 48 valence electrons. The summed E-state index contributed by atoms with van der Waals surface area (Å²) < 4.78 is 3.61. The Labute approximate surface area is 60.8 Å². The number of hydrogen-bond donors (Lipinski definition) is 0. The molecule has 0 aliphatic carbocycles. The molecule has 0 saturated carbocycles. The average Bonchev–Trinajstić information content (AvgIpc) is 2.14. The molecule has 0 amide bonds. The second-order valence-electron chi connectivity index (χ2n) is 1.42. The first-order valence-corrected chi connectivity index (χ1v) is 3.35. The number of Topliss-reactive ketones (excluding diaryl/α,β-unsaturated/α-hetero) is 1. The molecule has 1 rings (SSSR count). The number of halogens is 1. The average molecular weight is 163 g/mol. The van der Waals surface area contributed by atoms with Crippen molar-refractivity contribution in [3.8, 4) is 0 Å². The Hall–Kier alpha value is -0.480. The Bertz CT molecular complexity index is 234. The van der Waals surface area contributed by atoms with Gasteiger partial charge in [-0.05, 0) is 23.1 Å². The second kappa shape index (κ2) is 2.41. The van der Waals surface area contributed by atoms with Crippen LogP contribution in [0.3, 0.4) is 0 Å². The van der Waals surface area contributed by atoms with Crippen LogP contribution in [0.5, 0.6) is 0 Å². The van der Waals surface area contributed by atoms with E-state index in [1.807, 2.05) is 0 Å². The normalized spacial score (nSPS) is 9.56. The van der Waals surface area contributed by atoms with Crippen LogP contribution < -0.4 is 0 Å². The van der Waals surface area contributed by atoms with Gasteiger partial charge in [0.2, 0.25) is 5.28 Å². The largest absolute Gasteiger partial charge is 0.292 e. The predicted octanol–water partition coefficient (Wildman–Crippen LogP) is 1.39. The minimum Gasteiger partial charge on any atom is -0.292 e. The quantitative estimate of drug-likeness (QED) is 0.587. The van der Waals surface area contributed by atoms with Crippen molar-refractivity contribution in [3.05, 3.63) is 10.3 Å². The lowest BCUT2D eigenvalue weighted by Crippen LogP contribution is -1.88. The summed E-state index contributed by atoms with van der Waals surface area (Å²) in [5.74, 6) is -0.0978. The number of carbonyl (C=O) groups excluding carboxylic acids is 1. The van der Waals surface area contributed by atoms with Gasteiger partial charge in [0.1, 0.15) is 0 Å². The zero-order valence-corrected chi connectivity index (χ0v) is 6.16. The molecular weight excluding hydrogens is 160 g/mol. The van der Waals surface area contributed by atoms with Crippen molar-refractivity contribution >= 4 is 28.9 Å². The molecule has 0 unspecified atom stereocenters. The number of carbonyl (C=O) groups is 1. The van der Waals surface area contributed by atoms with Crippen LogP contribution in [-0.2, 0) is 0 Å². The standard InChI is InChI=1S/C4H3ClN2OS/c1-2(8)3-6-4(5)7-9-3/h1H3. The van der Waals surface area contributed by atoms with Gasteiger partial charge >= 0.3 is 0 Å². The molecule has 1 aromatic heterocycles. The molecular formula is C4H3ClN2OS. The summed E-state index contributed by atoms with van der Waals surface area (Å²) in [6.07, 6.45) is 0. The third-order valence-electron chi connectivity index (χ3n) is 0.702. The van der Waals surface area contributed by atoms with Gasteiger partial charge in [0, 0.05) is 6.92 Å². The molecule has 3 nitrogen and oxygen atoms in total. The molecule has 0 saturated heterocycles. The van der Waals surface area contributed by atoms with Gasteiger partial charge in [-0.15, -0.1) is 0 Å². The van der Waals surface area contributed by atoms with Crippen molar-refractivity contribution in [2.75, 3.05) is 0 Å². The summed E-state index contributed by atoms with van der Waals surface area (Å²) in [6, 6.07) is 0. The molecule has 5 heteroatoms. The molecule has 1 heterocycles. The molecule has 0 bridgehead atoms. The molecule has 0 radical (unpaired) electrons. The topological polar surface area (TPSA) is 42.9 Å². The zero-order valence-electron chi connectivity index (χ0n) is 4.59. The van der Waals surface area contributed by atoms with Gasteiger partial charge in [0.05, 0.1) is 0 Å². The van der Waals surface area contributed by atoms with Gasteiger partial charge in [-0.25, -0.2) is 4.98 Å². The number of nitrogens with zero attached hydrogens (tertiary/aromatic N) is 2. The molecule has 0 aliphatic rings. The van der Waals surface area contributed by atoms with E-state index in [4.69, 9.17) is 11.6 Å². The van der Waals surface area contributed by atoms with Gasteiger partial charge < -0.3 is 0 Å². The maximum absolute atomic E-state index is 10.5. The number of hydrogen-bond acceptors (Lipinski definition) is 4. The van der Waals surface area contributed by atoms with E-state index in [2.05, 4.69) is 9.36 Å². The highest BCUT2D eigenvalue weighted by Crippen LogP contribution is 2.08. The summed E-state index contributed by atoms with van der Waals surface area (Å²) in [6.45, 7) is 1.43. The summed E-state index contributed by atoms with van der Waals surface area (Å²) in [7, 11) is 0. The van der Waals surface area contributed by atoms with E-state index < -0.39 is 0 Å². The van der Waals surface area contributed by atoms with Gasteiger partial charge in [0.25, 0.3) is 0 Å². The second-order valence-corrected chi connectivity index (χ2v) is 2.51. The summed E-state index contributed by atoms with van der Waals surface area (Å²) in [5.41, 5.74) is 0. The minimum atomic E-state index is -0.0978. The SMILES string of the molecule is CC(=O)c1nc(Cl)ns1. The highest BCUT2D eigenvalue weighted by Gasteiger charge is 2.04. The molecule has 0 aliphatic heterocycles. The van der Waals surface area contributed by atoms with Crippen molar-refractivity contribution in [2.24, 2.45) is 0 Å². The molecule has 1 aromatic rings. The fourth-order valence-electron chi connectivity index (χ4n) is 0.349. The Morgan fingerprint density at radius 2 is 2.44 bits per heavy atom. The van der Waals surface area contributed by atoms with Crippen molar-refractivity contribution in [1.29, 1.82) is 0 Å². The number of ketones is 1. The lowest BCUT2D eigenvalue weighted by molar-refractivity contribution is 0.101. The molecule has 0 aromatic carbocycles. The first-order valence-electron chi connectivity index (χ1n) is 2.20. The molecule has 0 spiro atoms. The van der Waals surface area contributed by atoms with Crippen LogP contribution in [0.4, 0.5) is 0 Å². The fourth-order valence-corrected chi connectivity index (χ4v) is 1.05. The van der Waals surface area contributed by atoms with Gasteiger partial charge in [-0.3, -0.25) is 4.79 Å². The molecule has 0 N–H and O–H groups in total. The zero-order chi connectivity index (χ0) is 6.85. The smallest absolute Gasteiger partial charge is 0.234 e. The third-order valence-corrected chi connectivity index (χ3v) is 1.79. The highest BCUT2D eigenvalue weighted by atomic mass is 35.5. The summed E-state index contributed by atoms with van der Waals surface area (Å²) in [4.78, 5) is 14.1. The lowest BCUT2D eigenvalue weighted by atomic mass is 10.5. The van der Waals surface area contributed by atoms with Crippen LogP contribution in [0.15, 0.2) is 0 Å². The van der Waals surface area contributed by atoms with E-state index >= 15 is 0 Å². The van der Waals surface area contributed by atoms with Crippen LogP contribution >= 0.6 is 23.1 Å². The van der Waals surface area contributed by atoms with E-state index in [9.17, 15) is 4.79 Å². The molecule has 0 atom stereocenters. The van der Waals surface area contributed by atoms with E-state index in [0.29, 0.717) is 5.01 Å². The maximum atomic E-state index is 10.5. The highest BCUT2D eigenvalue weighted by molar-refractivity contribution is 7.07. The third kappa shape index (κ3) is 1.46. The number of aromatic nitrogens is 2. The first kappa shape index (κ1) is 6.64. The molecule has 0 fully saturated rings. The first-order chi connectivity index (χ1) is 4.20. The Morgan fingerprint density at radius 1 is 1.78 bits per heavy atom. The predicted molar refractivity (Wildman–Crippen MR) is 34.9 cm³/mol. The van der Waals surface area contributed by atoms with E-state index in [1.54, 1.807) is 0 Å². The van der Waals surface area contributed by atoms with Crippen LogP contribution in [-0.4, -0.2) is 15.1 Å². The summed E-state index contributed by atoms with van der Waals surface area (Å²) >= 11 is 6.36. The minimum absolute atomic E-state index is 0.0978. The van der Waals surface area contributed by atoms with Gasteiger partial charge in [-0.2, -0.15) is 4.37 Å². The van der Waals surface area contributed by atoms with Crippen molar-refractivity contribution in [2.45, 2.75) is 6.92 Å². The van der Waals surface area contributed by atoms with Crippen LogP contribution in [0.25, 0.3) is 0 Å². The van der Waals surface area contributed by atoms with E-state index in [-0.39, 0.29) is 11.1 Å². The summed E-state index contributed by atoms with van der Waals surface area (Å²) in [5, 5.41) is 0.505. The Balaban J connectivity index is 2.98. The maximum Gasteiger partial charge on any atom is 0.234 e. The number of rotatable bonds is 1. The van der Waals surface area contributed by atoms with Crippen molar-refractivity contribution < 1.29 is 4.79 Å². The van der Waals surface area contributed by atoms with Gasteiger partial charge in [-0.1, -0.05) is 0 Å². The van der Waals surface area contributed by atoms with Crippen molar-refractivity contribution in [3.63, 3.8) is 0 Å². The Kier molecular flexibility index (Phi) is 1.78. The van der Waals surface area contributed by atoms with Crippen LogP contribution in [0.2, 0.25) is 5.28 Å². The molecule has 9 heavy (non-hydrogen) atoms. The Morgan fingerprint density at radius 3 is 2.67 bits per heavy atom. The monoisotopic (exact) mass is 162 g/mol.